The average Bonchev–Trinajstić information content (AvgIpc) is 2.47. The van der Waals surface area contributed by atoms with Gasteiger partial charge >= 0.3 is 0 Å². The zero-order valence-electron chi connectivity index (χ0n) is 11.7. The fraction of sp³-hybridized carbons (Fsp3) is 0.235. The van der Waals surface area contributed by atoms with Crippen molar-refractivity contribution in [1.29, 1.82) is 0 Å². The normalized spacial score (nSPS) is 12.1. The van der Waals surface area contributed by atoms with Gasteiger partial charge in [0.05, 0.1) is 11.6 Å². The Labute approximate surface area is 134 Å². The van der Waals surface area contributed by atoms with Gasteiger partial charge in [0.25, 0.3) is 0 Å². The molecule has 0 saturated carbocycles. The summed E-state index contributed by atoms with van der Waals surface area (Å²) in [6, 6.07) is 14.8. The highest BCUT2D eigenvalue weighted by Gasteiger charge is 2.18. The van der Waals surface area contributed by atoms with E-state index >= 15 is 0 Å². The lowest BCUT2D eigenvalue weighted by Gasteiger charge is -2.13. The Morgan fingerprint density at radius 3 is 2.52 bits per heavy atom. The smallest absolute Gasteiger partial charge is 0.192 e. The summed E-state index contributed by atoms with van der Waals surface area (Å²) in [7, 11) is 0. The Kier molecular flexibility index (Phi) is 5.80. The van der Waals surface area contributed by atoms with Crippen molar-refractivity contribution in [3.8, 4) is 0 Å². The van der Waals surface area contributed by atoms with Crippen LogP contribution in [0, 0.1) is 0 Å². The molecule has 110 valence electrons. The highest BCUT2D eigenvalue weighted by molar-refractivity contribution is 6.37. The molecule has 2 rings (SSSR count). The zero-order chi connectivity index (χ0) is 15.2. The van der Waals surface area contributed by atoms with Crippen molar-refractivity contribution in [2.75, 3.05) is 6.61 Å². The van der Waals surface area contributed by atoms with Crippen molar-refractivity contribution >= 4 is 29.0 Å². The Hall–Kier alpha value is -1.35. The second-order valence-corrected chi connectivity index (χ2v) is 5.58. The number of halogens is 2. The highest BCUT2D eigenvalue weighted by Crippen LogP contribution is 2.22. The molecule has 0 N–H and O–H groups in total. The third-order valence-electron chi connectivity index (χ3n) is 3.17. The van der Waals surface area contributed by atoms with Gasteiger partial charge in [-0.15, -0.1) is 0 Å². The van der Waals surface area contributed by atoms with Crippen LogP contribution in [0.3, 0.4) is 0 Å². The maximum absolute atomic E-state index is 12.3. The van der Waals surface area contributed by atoms with Crippen LogP contribution in [0.2, 0.25) is 10.0 Å². The molecule has 0 aliphatic heterocycles. The summed E-state index contributed by atoms with van der Waals surface area (Å²) in [6.45, 7) is 2.22. The number of hydrogen-bond donors (Lipinski definition) is 0. The van der Waals surface area contributed by atoms with Gasteiger partial charge in [0.2, 0.25) is 0 Å². The molecule has 0 amide bonds. The number of benzene rings is 2. The zero-order valence-corrected chi connectivity index (χ0v) is 13.2. The predicted octanol–water partition coefficient (Wildman–Crippen LogP) is 4.82. The van der Waals surface area contributed by atoms with Gasteiger partial charge in [-0.3, -0.25) is 4.79 Å². The van der Waals surface area contributed by atoms with Gasteiger partial charge in [-0.05, 0) is 37.1 Å². The largest absolute Gasteiger partial charge is 0.370 e. The van der Waals surface area contributed by atoms with Crippen molar-refractivity contribution < 1.29 is 9.53 Å². The average molecular weight is 323 g/mol. The minimum absolute atomic E-state index is 0.135. The van der Waals surface area contributed by atoms with Gasteiger partial charge in [0.1, 0.15) is 6.10 Å². The van der Waals surface area contributed by atoms with Crippen molar-refractivity contribution in [3.63, 3.8) is 0 Å². The van der Waals surface area contributed by atoms with Crippen molar-refractivity contribution in [2.45, 2.75) is 19.4 Å². The quantitative estimate of drug-likeness (QED) is 0.712. The molecule has 0 radical (unpaired) electrons. The van der Waals surface area contributed by atoms with E-state index in [-0.39, 0.29) is 5.78 Å². The summed E-state index contributed by atoms with van der Waals surface area (Å²) in [5, 5.41) is 0.861. The van der Waals surface area contributed by atoms with Crippen molar-refractivity contribution in [3.05, 3.63) is 69.7 Å². The number of rotatable bonds is 6. The van der Waals surface area contributed by atoms with Gasteiger partial charge in [0.15, 0.2) is 5.78 Å². The minimum Gasteiger partial charge on any atom is -0.370 e. The first-order valence-electron chi connectivity index (χ1n) is 6.72. The summed E-state index contributed by atoms with van der Waals surface area (Å²) in [5.41, 5.74) is 1.62. The van der Waals surface area contributed by atoms with E-state index in [1.54, 1.807) is 25.1 Å². The monoisotopic (exact) mass is 322 g/mol. The van der Waals surface area contributed by atoms with Crippen LogP contribution in [0.5, 0.6) is 0 Å². The standard InChI is InChI=1S/C17H16Cl2O2/c1-12(21-10-9-13-5-3-2-4-6-13)17(20)15-8-7-14(18)11-16(15)19/h2-8,11-12H,9-10H2,1H3. The number of hydrogen-bond acceptors (Lipinski definition) is 2. The van der Waals surface area contributed by atoms with E-state index in [1.165, 1.54) is 5.56 Å². The Morgan fingerprint density at radius 1 is 1.14 bits per heavy atom. The van der Waals surface area contributed by atoms with E-state index in [4.69, 9.17) is 27.9 Å². The molecule has 1 atom stereocenters. The van der Waals surface area contributed by atoms with E-state index in [0.717, 1.165) is 6.42 Å². The molecule has 0 fully saturated rings. The molecule has 0 bridgehead atoms. The number of ketones is 1. The van der Waals surface area contributed by atoms with Gasteiger partial charge < -0.3 is 4.74 Å². The van der Waals surface area contributed by atoms with Gasteiger partial charge in [-0.2, -0.15) is 0 Å². The van der Waals surface area contributed by atoms with E-state index in [1.807, 2.05) is 30.3 Å². The van der Waals surface area contributed by atoms with E-state index in [9.17, 15) is 4.79 Å². The first-order valence-corrected chi connectivity index (χ1v) is 7.48. The van der Waals surface area contributed by atoms with E-state index in [2.05, 4.69) is 0 Å². The minimum atomic E-state index is -0.535. The topological polar surface area (TPSA) is 26.3 Å². The Balaban J connectivity index is 1.90. The van der Waals surface area contributed by atoms with E-state index in [0.29, 0.717) is 22.2 Å². The molecule has 0 heterocycles. The van der Waals surface area contributed by atoms with Crippen molar-refractivity contribution in [1.82, 2.24) is 0 Å². The summed E-state index contributed by atoms with van der Waals surface area (Å²) in [5.74, 6) is -0.135. The molecule has 1 unspecified atom stereocenters. The molecule has 21 heavy (non-hydrogen) atoms. The summed E-state index contributed by atoms with van der Waals surface area (Å²) in [4.78, 5) is 12.3. The number of carbonyl (C=O) groups is 1. The maximum atomic E-state index is 12.3. The lowest BCUT2D eigenvalue weighted by Crippen LogP contribution is -2.22. The van der Waals surface area contributed by atoms with Gasteiger partial charge in [-0.1, -0.05) is 53.5 Å². The van der Waals surface area contributed by atoms with Crippen LogP contribution in [0.4, 0.5) is 0 Å². The second-order valence-electron chi connectivity index (χ2n) is 4.74. The van der Waals surface area contributed by atoms with Crippen LogP contribution < -0.4 is 0 Å². The van der Waals surface area contributed by atoms with Crippen LogP contribution >= 0.6 is 23.2 Å². The molecule has 0 saturated heterocycles. The summed E-state index contributed by atoms with van der Waals surface area (Å²) < 4.78 is 5.61. The van der Waals surface area contributed by atoms with Crippen LogP contribution in [0.25, 0.3) is 0 Å². The highest BCUT2D eigenvalue weighted by atomic mass is 35.5. The predicted molar refractivity (Wildman–Crippen MR) is 86.4 cm³/mol. The van der Waals surface area contributed by atoms with Crippen LogP contribution in [0.15, 0.2) is 48.5 Å². The molecule has 0 aliphatic rings. The molecular formula is C17H16Cl2O2. The fourth-order valence-corrected chi connectivity index (χ4v) is 2.48. The SMILES string of the molecule is CC(OCCc1ccccc1)C(=O)c1ccc(Cl)cc1Cl. The first kappa shape index (κ1) is 16.0. The maximum Gasteiger partial charge on any atom is 0.192 e. The Morgan fingerprint density at radius 2 is 1.86 bits per heavy atom. The molecule has 2 nitrogen and oxygen atoms in total. The van der Waals surface area contributed by atoms with Crippen molar-refractivity contribution in [2.24, 2.45) is 0 Å². The summed E-state index contributed by atoms with van der Waals surface area (Å²) >= 11 is 11.9. The van der Waals surface area contributed by atoms with Crippen LogP contribution in [-0.2, 0) is 11.2 Å². The number of carbonyl (C=O) groups excluding carboxylic acids is 1. The second kappa shape index (κ2) is 7.60. The fourth-order valence-electron chi connectivity index (χ4n) is 1.98. The lowest BCUT2D eigenvalue weighted by atomic mass is 10.1. The molecule has 2 aromatic carbocycles. The van der Waals surface area contributed by atoms with Gasteiger partial charge in [0, 0.05) is 10.6 Å². The number of ether oxygens (including phenoxy) is 1. The Bertz CT molecular complexity index is 611. The molecule has 2 aromatic rings. The third-order valence-corrected chi connectivity index (χ3v) is 3.72. The number of Topliss-reactive ketones (excluding diaryl/α,β-unsaturated/α-hetero) is 1. The molecule has 0 spiro atoms. The summed E-state index contributed by atoms with van der Waals surface area (Å²) in [6.07, 6.45) is 0.236. The van der Waals surface area contributed by atoms with Crippen LogP contribution in [0.1, 0.15) is 22.8 Å². The lowest BCUT2D eigenvalue weighted by molar-refractivity contribution is 0.0487. The third kappa shape index (κ3) is 4.57. The molecule has 0 aliphatic carbocycles. The molecular weight excluding hydrogens is 307 g/mol. The van der Waals surface area contributed by atoms with Crippen LogP contribution in [-0.4, -0.2) is 18.5 Å². The van der Waals surface area contributed by atoms with E-state index < -0.39 is 6.10 Å². The molecule has 4 heteroatoms. The van der Waals surface area contributed by atoms with Gasteiger partial charge in [-0.25, -0.2) is 0 Å². The molecule has 0 aromatic heterocycles. The first-order chi connectivity index (χ1) is 10.1.